The third-order valence-electron chi connectivity index (χ3n) is 5.21. The van der Waals surface area contributed by atoms with Gasteiger partial charge in [0.2, 0.25) is 0 Å². The molecule has 0 N–H and O–H groups in total. The Hall–Kier alpha value is -2.35. The monoisotopic (exact) mass is 467 g/mol. The SMILES string of the molecule is O=C(CN1CCCC1)c1cn(-c2cccc(C(F)(F)F)c2)nc1-c1ccc(Cl)c(Cl)c1. The van der Waals surface area contributed by atoms with Gasteiger partial charge in [0, 0.05) is 11.8 Å². The third-order valence-corrected chi connectivity index (χ3v) is 5.95. The van der Waals surface area contributed by atoms with Crippen LogP contribution in [0, 0.1) is 0 Å². The van der Waals surface area contributed by atoms with E-state index in [2.05, 4.69) is 10.00 Å². The Balaban J connectivity index is 1.78. The molecule has 31 heavy (non-hydrogen) atoms. The molecule has 1 aliphatic heterocycles. The van der Waals surface area contributed by atoms with E-state index >= 15 is 0 Å². The highest BCUT2D eigenvalue weighted by Gasteiger charge is 2.31. The number of ketones is 1. The van der Waals surface area contributed by atoms with Crippen molar-refractivity contribution in [3.8, 4) is 16.9 Å². The van der Waals surface area contributed by atoms with Gasteiger partial charge in [0.1, 0.15) is 5.69 Å². The van der Waals surface area contributed by atoms with Gasteiger partial charge in [-0.15, -0.1) is 0 Å². The highest BCUT2D eigenvalue weighted by molar-refractivity contribution is 6.42. The fourth-order valence-electron chi connectivity index (χ4n) is 3.62. The van der Waals surface area contributed by atoms with Crippen molar-refractivity contribution in [2.24, 2.45) is 0 Å². The van der Waals surface area contributed by atoms with E-state index in [0.717, 1.165) is 38.1 Å². The van der Waals surface area contributed by atoms with Gasteiger partial charge in [-0.2, -0.15) is 18.3 Å². The van der Waals surface area contributed by atoms with Crippen LogP contribution >= 0.6 is 23.2 Å². The first kappa shape index (κ1) is 21.9. The minimum Gasteiger partial charge on any atom is -0.296 e. The van der Waals surface area contributed by atoms with Gasteiger partial charge in [0.25, 0.3) is 0 Å². The predicted molar refractivity (Wildman–Crippen MR) is 114 cm³/mol. The molecule has 1 aliphatic rings. The molecule has 1 fully saturated rings. The van der Waals surface area contributed by atoms with Gasteiger partial charge < -0.3 is 0 Å². The normalized spacial score (nSPS) is 14.9. The van der Waals surface area contributed by atoms with Gasteiger partial charge in [0.15, 0.2) is 5.78 Å². The second kappa shape index (κ2) is 8.65. The van der Waals surface area contributed by atoms with Gasteiger partial charge in [-0.3, -0.25) is 9.69 Å². The van der Waals surface area contributed by atoms with Crippen molar-refractivity contribution in [1.82, 2.24) is 14.7 Å². The Morgan fingerprint density at radius 2 is 1.77 bits per heavy atom. The first-order valence-electron chi connectivity index (χ1n) is 9.70. The number of halogens is 5. The van der Waals surface area contributed by atoms with E-state index in [1.807, 2.05) is 0 Å². The van der Waals surface area contributed by atoms with Gasteiger partial charge in [-0.25, -0.2) is 4.68 Å². The van der Waals surface area contributed by atoms with Crippen molar-refractivity contribution in [2.45, 2.75) is 19.0 Å². The molecule has 1 aromatic heterocycles. The molecular formula is C22H18Cl2F3N3O. The molecule has 0 spiro atoms. The van der Waals surface area contributed by atoms with Crippen LogP contribution in [0.1, 0.15) is 28.8 Å². The van der Waals surface area contributed by atoms with Crippen molar-refractivity contribution in [3.63, 3.8) is 0 Å². The summed E-state index contributed by atoms with van der Waals surface area (Å²) in [7, 11) is 0. The summed E-state index contributed by atoms with van der Waals surface area (Å²) in [6.45, 7) is 1.91. The summed E-state index contributed by atoms with van der Waals surface area (Å²) in [5, 5.41) is 5.10. The number of aromatic nitrogens is 2. The zero-order valence-electron chi connectivity index (χ0n) is 16.3. The van der Waals surface area contributed by atoms with E-state index in [1.165, 1.54) is 23.0 Å². The van der Waals surface area contributed by atoms with Crippen LogP contribution in [0.5, 0.6) is 0 Å². The third kappa shape index (κ3) is 4.79. The molecule has 2 aromatic carbocycles. The van der Waals surface area contributed by atoms with E-state index in [9.17, 15) is 18.0 Å². The number of nitrogens with zero attached hydrogens (tertiary/aromatic N) is 3. The lowest BCUT2D eigenvalue weighted by Crippen LogP contribution is -2.26. The Kier molecular flexibility index (Phi) is 6.10. The van der Waals surface area contributed by atoms with Crippen LogP contribution in [0.3, 0.4) is 0 Å². The van der Waals surface area contributed by atoms with E-state index in [0.29, 0.717) is 26.9 Å². The van der Waals surface area contributed by atoms with Crippen molar-refractivity contribution in [2.75, 3.05) is 19.6 Å². The maximum Gasteiger partial charge on any atom is 0.416 e. The van der Waals surface area contributed by atoms with Crippen molar-refractivity contribution in [3.05, 3.63) is 69.8 Å². The fraction of sp³-hybridized carbons (Fsp3) is 0.273. The van der Waals surface area contributed by atoms with Gasteiger partial charge >= 0.3 is 6.18 Å². The number of likely N-dealkylation sites (tertiary alicyclic amines) is 1. The predicted octanol–water partition coefficient (Wildman–Crippen LogP) is 6.14. The smallest absolute Gasteiger partial charge is 0.296 e. The summed E-state index contributed by atoms with van der Waals surface area (Å²) in [6.07, 6.45) is -0.928. The molecule has 1 saturated heterocycles. The van der Waals surface area contributed by atoms with Crippen molar-refractivity contribution in [1.29, 1.82) is 0 Å². The topological polar surface area (TPSA) is 38.1 Å². The molecule has 0 bridgehead atoms. The number of Topliss-reactive ketones (excluding diaryl/α,β-unsaturated/α-hetero) is 1. The molecule has 0 saturated carbocycles. The minimum atomic E-state index is -4.48. The summed E-state index contributed by atoms with van der Waals surface area (Å²) in [6, 6.07) is 9.68. The van der Waals surface area contributed by atoms with Gasteiger partial charge in [0.05, 0.1) is 33.4 Å². The molecule has 4 nitrogen and oxygen atoms in total. The molecule has 0 aliphatic carbocycles. The van der Waals surface area contributed by atoms with Crippen LogP contribution in [0.25, 0.3) is 16.9 Å². The van der Waals surface area contributed by atoms with Gasteiger partial charge in [-0.05, 0) is 56.3 Å². The molecule has 0 unspecified atom stereocenters. The van der Waals surface area contributed by atoms with Crippen LogP contribution in [-0.4, -0.2) is 40.1 Å². The Bertz CT molecular complexity index is 1120. The molecule has 0 amide bonds. The molecule has 4 rings (SSSR count). The number of carbonyl (C=O) groups excluding carboxylic acids is 1. The average molecular weight is 468 g/mol. The Labute approximate surface area is 187 Å². The quantitative estimate of drug-likeness (QED) is 0.422. The molecule has 9 heteroatoms. The number of hydrogen-bond donors (Lipinski definition) is 0. The number of hydrogen-bond acceptors (Lipinski definition) is 3. The minimum absolute atomic E-state index is 0.152. The molecule has 0 atom stereocenters. The van der Waals surface area contributed by atoms with Gasteiger partial charge in [-0.1, -0.05) is 35.3 Å². The summed E-state index contributed by atoms with van der Waals surface area (Å²) >= 11 is 12.2. The lowest BCUT2D eigenvalue weighted by molar-refractivity contribution is -0.137. The van der Waals surface area contributed by atoms with Crippen LogP contribution in [0.15, 0.2) is 48.7 Å². The van der Waals surface area contributed by atoms with E-state index in [4.69, 9.17) is 23.2 Å². The lowest BCUT2D eigenvalue weighted by atomic mass is 10.0. The number of carbonyl (C=O) groups is 1. The highest BCUT2D eigenvalue weighted by atomic mass is 35.5. The lowest BCUT2D eigenvalue weighted by Gasteiger charge is -2.13. The largest absolute Gasteiger partial charge is 0.416 e. The molecule has 2 heterocycles. The van der Waals surface area contributed by atoms with Crippen LogP contribution in [0.4, 0.5) is 13.2 Å². The van der Waals surface area contributed by atoms with Crippen LogP contribution in [-0.2, 0) is 6.18 Å². The zero-order chi connectivity index (χ0) is 22.2. The fourth-order valence-corrected chi connectivity index (χ4v) is 3.92. The second-order valence-electron chi connectivity index (χ2n) is 7.42. The standard InChI is InChI=1S/C22H18Cl2F3N3O/c23-18-7-6-14(10-19(18)24)21-17(20(31)13-29-8-1-2-9-29)12-30(28-21)16-5-3-4-15(11-16)22(25,26)27/h3-7,10-12H,1-2,8-9,13H2. The number of alkyl halides is 3. The van der Waals surface area contributed by atoms with Crippen LogP contribution in [0.2, 0.25) is 10.0 Å². The second-order valence-corrected chi connectivity index (χ2v) is 8.23. The maximum atomic E-state index is 13.2. The Morgan fingerprint density at radius 3 is 2.45 bits per heavy atom. The summed E-state index contributed by atoms with van der Waals surface area (Å²) in [5.74, 6) is -0.152. The highest BCUT2D eigenvalue weighted by Crippen LogP contribution is 2.33. The Morgan fingerprint density at radius 1 is 1.03 bits per heavy atom. The number of benzene rings is 2. The van der Waals surface area contributed by atoms with E-state index in [1.54, 1.807) is 18.2 Å². The van der Waals surface area contributed by atoms with Crippen molar-refractivity contribution < 1.29 is 18.0 Å². The summed E-state index contributed by atoms with van der Waals surface area (Å²) in [5.41, 5.74) is 0.644. The molecular weight excluding hydrogens is 450 g/mol. The molecule has 3 aromatic rings. The maximum absolute atomic E-state index is 13.2. The van der Waals surface area contributed by atoms with Crippen molar-refractivity contribution >= 4 is 29.0 Å². The molecule has 0 radical (unpaired) electrons. The zero-order valence-corrected chi connectivity index (χ0v) is 17.8. The first-order valence-corrected chi connectivity index (χ1v) is 10.5. The van der Waals surface area contributed by atoms with E-state index in [-0.39, 0.29) is 18.0 Å². The first-order chi connectivity index (χ1) is 14.7. The number of rotatable bonds is 5. The van der Waals surface area contributed by atoms with Crippen LogP contribution < -0.4 is 0 Å². The van der Waals surface area contributed by atoms with E-state index < -0.39 is 11.7 Å². The summed E-state index contributed by atoms with van der Waals surface area (Å²) in [4.78, 5) is 15.1. The molecule has 162 valence electrons. The average Bonchev–Trinajstić information content (AvgIpc) is 3.39. The summed E-state index contributed by atoms with van der Waals surface area (Å²) < 4.78 is 40.8.